The molecule has 0 saturated heterocycles. The molecule has 0 aliphatic heterocycles. The Morgan fingerprint density at radius 1 is 0.952 bits per heavy atom. The van der Waals surface area contributed by atoms with Crippen LogP contribution >= 0.6 is 0 Å². The molecule has 0 spiro atoms. The fourth-order valence-electron chi connectivity index (χ4n) is 1.83. The van der Waals surface area contributed by atoms with Crippen LogP contribution in [-0.2, 0) is 4.79 Å². The van der Waals surface area contributed by atoms with Gasteiger partial charge in [-0.15, -0.1) is 0 Å². The van der Waals surface area contributed by atoms with Crippen LogP contribution in [0.25, 0.3) is 0 Å². The lowest BCUT2D eigenvalue weighted by Crippen LogP contribution is -2.25. The monoisotopic (exact) mass is 291 g/mol. The van der Waals surface area contributed by atoms with Gasteiger partial charge in [0.05, 0.1) is 6.61 Å². The number of carbonyl (C=O) groups excluding carboxylic acids is 1. The zero-order valence-electron chi connectivity index (χ0n) is 13.3. The summed E-state index contributed by atoms with van der Waals surface area (Å²) in [6.07, 6.45) is 10.6. The molecule has 0 heterocycles. The van der Waals surface area contributed by atoms with E-state index in [0.717, 1.165) is 12.8 Å². The highest BCUT2D eigenvalue weighted by molar-refractivity contribution is 5.75. The fraction of sp³-hybridized carbons (Fsp3) is 0.722. The van der Waals surface area contributed by atoms with Gasteiger partial charge in [-0.05, 0) is 24.7 Å². The molecule has 0 unspecified atom stereocenters. The second-order valence-electron chi connectivity index (χ2n) is 5.05. The third kappa shape index (κ3) is 16.5. The first-order valence-electron chi connectivity index (χ1n) is 8.14. The van der Waals surface area contributed by atoms with Gasteiger partial charge in [-0.2, -0.15) is 0 Å². The maximum absolute atomic E-state index is 11.2. The molecule has 0 aromatic carbocycles. The highest BCUT2D eigenvalue weighted by Crippen LogP contribution is 2.05. The Morgan fingerprint density at radius 3 is 2.24 bits per heavy atom. The van der Waals surface area contributed by atoms with E-state index in [-0.39, 0.29) is 12.5 Å². The molecule has 0 fully saturated rings. The van der Waals surface area contributed by atoms with Crippen molar-refractivity contribution in [3.05, 3.63) is 0 Å². The molecule has 0 aromatic rings. The minimum Gasteiger partial charge on any atom is -0.395 e. The molecule has 0 radical (unpaired) electrons. The van der Waals surface area contributed by atoms with Gasteiger partial charge in [0.1, 0.15) is 0 Å². The molecule has 2 N–H and O–H groups in total. The molecule has 0 aliphatic carbocycles. The standard InChI is InChI=1S/C18H29NO2/c1-2-3-4-5-6-7-8-9-10-11-12-13-14-15-18(21)19-16-17-20/h20H,2-8,13-17H2,1H3,(H,19,21). The average Bonchev–Trinajstić information content (AvgIpc) is 2.49. The third-order valence-corrected chi connectivity index (χ3v) is 3.03. The number of nitrogens with one attached hydrogen (secondary N) is 1. The lowest BCUT2D eigenvalue weighted by atomic mass is 10.1. The van der Waals surface area contributed by atoms with Crippen molar-refractivity contribution < 1.29 is 9.90 Å². The van der Waals surface area contributed by atoms with Crippen LogP contribution < -0.4 is 5.32 Å². The number of unbranched alkanes of at least 4 members (excludes halogenated alkanes) is 7. The summed E-state index contributed by atoms with van der Waals surface area (Å²) in [7, 11) is 0. The molecule has 0 aromatic heterocycles. The maximum atomic E-state index is 11.2. The molecule has 0 bridgehead atoms. The Balaban J connectivity index is 3.41. The summed E-state index contributed by atoms with van der Waals surface area (Å²) in [6.45, 7) is 2.54. The maximum Gasteiger partial charge on any atom is 0.220 e. The first-order valence-corrected chi connectivity index (χ1v) is 8.14. The Bertz CT molecular complexity index is 368. The molecule has 1 amide bonds. The van der Waals surface area contributed by atoms with E-state index in [1.165, 1.54) is 38.5 Å². The SMILES string of the molecule is CCCCCCCCC#CC#CCCCC(=O)NCCO. The van der Waals surface area contributed by atoms with E-state index < -0.39 is 0 Å². The van der Waals surface area contributed by atoms with E-state index in [9.17, 15) is 4.79 Å². The molecule has 0 rings (SSSR count). The minimum absolute atomic E-state index is 0.0141. The van der Waals surface area contributed by atoms with E-state index in [0.29, 0.717) is 19.4 Å². The predicted molar refractivity (Wildman–Crippen MR) is 87.5 cm³/mol. The Morgan fingerprint density at radius 2 is 1.57 bits per heavy atom. The Kier molecular flexibility index (Phi) is 15.5. The van der Waals surface area contributed by atoms with Gasteiger partial charge in [0, 0.05) is 25.8 Å². The third-order valence-electron chi connectivity index (χ3n) is 3.03. The zero-order valence-corrected chi connectivity index (χ0v) is 13.3. The summed E-state index contributed by atoms with van der Waals surface area (Å²) in [6, 6.07) is 0. The number of hydrogen-bond acceptors (Lipinski definition) is 2. The molecule has 3 heteroatoms. The quantitative estimate of drug-likeness (QED) is 0.454. The van der Waals surface area contributed by atoms with Crippen LogP contribution in [0.15, 0.2) is 0 Å². The van der Waals surface area contributed by atoms with Crippen molar-refractivity contribution in [2.24, 2.45) is 0 Å². The Hall–Kier alpha value is -1.45. The topological polar surface area (TPSA) is 49.3 Å². The summed E-state index contributed by atoms with van der Waals surface area (Å²) < 4.78 is 0. The number of rotatable bonds is 11. The smallest absolute Gasteiger partial charge is 0.220 e. The van der Waals surface area contributed by atoms with Crippen molar-refractivity contribution in [2.75, 3.05) is 13.2 Å². The number of carbonyl (C=O) groups is 1. The van der Waals surface area contributed by atoms with Gasteiger partial charge in [-0.1, -0.05) is 50.9 Å². The van der Waals surface area contributed by atoms with E-state index in [1.807, 2.05) is 0 Å². The van der Waals surface area contributed by atoms with Gasteiger partial charge < -0.3 is 10.4 Å². The summed E-state index contributed by atoms with van der Waals surface area (Å²) in [5.41, 5.74) is 0. The van der Waals surface area contributed by atoms with Crippen molar-refractivity contribution in [1.82, 2.24) is 5.32 Å². The molecule has 118 valence electrons. The van der Waals surface area contributed by atoms with Gasteiger partial charge in [0.15, 0.2) is 0 Å². The van der Waals surface area contributed by atoms with Crippen molar-refractivity contribution in [3.8, 4) is 23.7 Å². The summed E-state index contributed by atoms with van der Waals surface area (Å²) in [4.78, 5) is 11.2. The second-order valence-corrected chi connectivity index (χ2v) is 5.05. The summed E-state index contributed by atoms with van der Waals surface area (Å²) in [5.74, 6) is 11.7. The molecule has 3 nitrogen and oxygen atoms in total. The number of amides is 1. The zero-order chi connectivity index (χ0) is 15.6. The van der Waals surface area contributed by atoms with E-state index >= 15 is 0 Å². The van der Waals surface area contributed by atoms with Gasteiger partial charge in [0.25, 0.3) is 0 Å². The first kappa shape index (κ1) is 19.6. The van der Waals surface area contributed by atoms with Crippen LogP contribution in [-0.4, -0.2) is 24.2 Å². The second kappa shape index (κ2) is 16.6. The van der Waals surface area contributed by atoms with Crippen LogP contribution in [0, 0.1) is 23.7 Å². The lowest BCUT2D eigenvalue weighted by molar-refractivity contribution is -0.121. The van der Waals surface area contributed by atoms with Crippen LogP contribution in [0.1, 0.15) is 71.1 Å². The number of aliphatic hydroxyl groups excluding tert-OH is 1. The largest absolute Gasteiger partial charge is 0.395 e. The van der Waals surface area contributed by atoms with Gasteiger partial charge in [-0.3, -0.25) is 4.79 Å². The van der Waals surface area contributed by atoms with Crippen LogP contribution in [0.4, 0.5) is 0 Å². The van der Waals surface area contributed by atoms with Crippen molar-refractivity contribution in [2.45, 2.75) is 71.1 Å². The number of hydrogen-bond donors (Lipinski definition) is 2. The van der Waals surface area contributed by atoms with Crippen LogP contribution in [0.3, 0.4) is 0 Å². The minimum atomic E-state index is -0.0278. The molecule has 0 saturated carbocycles. The highest BCUT2D eigenvalue weighted by Gasteiger charge is 1.97. The van der Waals surface area contributed by atoms with E-state index in [2.05, 4.69) is 35.9 Å². The van der Waals surface area contributed by atoms with Gasteiger partial charge in [-0.25, -0.2) is 0 Å². The molecular formula is C18H29NO2. The van der Waals surface area contributed by atoms with Crippen molar-refractivity contribution in [3.63, 3.8) is 0 Å². The Labute approximate surface area is 129 Å². The molecular weight excluding hydrogens is 262 g/mol. The molecule has 0 atom stereocenters. The van der Waals surface area contributed by atoms with Crippen LogP contribution in [0.2, 0.25) is 0 Å². The first-order chi connectivity index (χ1) is 10.3. The van der Waals surface area contributed by atoms with E-state index in [4.69, 9.17) is 5.11 Å². The fourth-order valence-corrected chi connectivity index (χ4v) is 1.83. The normalized spacial score (nSPS) is 9.24. The average molecular weight is 291 g/mol. The molecule has 21 heavy (non-hydrogen) atoms. The van der Waals surface area contributed by atoms with Gasteiger partial charge in [0.2, 0.25) is 5.91 Å². The number of aliphatic hydroxyl groups is 1. The predicted octanol–water partition coefficient (Wildman–Crippen LogP) is 3.02. The summed E-state index contributed by atoms with van der Waals surface area (Å²) >= 11 is 0. The van der Waals surface area contributed by atoms with Gasteiger partial charge >= 0.3 is 0 Å². The van der Waals surface area contributed by atoms with Crippen LogP contribution in [0.5, 0.6) is 0 Å². The van der Waals surface area contributed by atoms with Crippen molar-refractivity contribution >= 4 is 5.91 Å². The molecule has 0 aliphatic rings. The summed E-state index contributed by atoms with van der Waals surface area (Å²) in [5, 5.41) is 11.2. The highest BCUT2D eigenvalue weighted by atomic mass is 16.3. The van der Waals surface area contributed by atoms with E-state index in [1.54, 1.807) is 0 Å². The lowest BCUT2D eigenvalue weighted by Gasteiger charge is -2.00. The van der Waals surface area contributed by atoms with Crippen molar-refractivity contribution in [1.29, 1.82) is 0 Å².